The molecule has 4 aromatic rings. The van der Waals surface area contributed by atoms with Crippen LogP contribution in [0.25, 0.3) is 22.1 Å². The highest BCUT2D eigenvalue weighted by atomic mass is 35.5. The number of carbonyl (C=O) groups is 1. The standard InChI is InChI=1S/C21H16ClN3O4S/c1-27-13-6-8-14(9-7-13)28-12-19(26)23-21-25-24-20(30-21)18-11-10-17(29-18)15-4-2-3-5-16(15)22/h2-11H,12H2,1H3,(H,23,25,26). The number of furan rings is 1. The van der Waals surface area contributed by atoms with Crippen molar-refractivity contribution in [1.29, 1.82) is 0 Å². The molecule has 2 heterocycles. The number of methoxy groups -OCH3 is 1. The Morgan fingerprint density at radius 1 is 1.03 bits per heavy atom. The molecule has 0 radical (unpaired) electrons. The molecule has 152 valence electrons. The van der Waals surface area contributed by atoms with Crippen LogP contribution in [0.3, 0.4) is 0 Å². The van der Waals surface area contributed by atoms with Crippen molar-refractivity contribution in [2.45, 2.75) is 0 Å². The Balaban J connectivity index is 1.37. The van der Waals surface area contributed by atoms with E-state index in [0.29, 0.717) is 38.2 Å². The van der Waals surface area contributed by atoms with Crippen LogP contribution in [0.1, 0.15) is 0 Å². The minimum atomic E-state index is -0.343. The van der Waals surface area contributed by atoms with Crippen LogP contribution in [-0.4, -0.2) is 29.8 Å². The Labute approximate surface area is 181 Å². The van der Waals surface area contributed by atoms with E-state index in [-0.39, 0.29) is 12.5 Å². The van der Waals surface area contributed by atoms with Crippen molar-refractivity contribution in [1.82, 2.24) is 10.2 Å². The first-order chi connectivity index (χ1) is 14.6. The van der Waals surface area contributed by atoms with Crippen LogP contribution in [0.5, 0.6) is 11.5 Å². The van der Waals surface area contributed by atoms with Gasteiger partial charge in [-0.25, -0.2) is 0 Å². The number of anilines is 1. The first-order valence-corrected chi connectivity index (χ1v) is 10.1. The van der Waals surface area contributed by atoms with Crippen molar-refractivity contribution in [2.75, 3.05) is 19.0 Å². The van der Waals surface area contributed by atoms with Gasteiger partial charge in [0.15, 0.2) is 17.4 Å². The second-order valence-electron chi connectivity index (χ2n) is 6.07. The summed E-state index contributed by atoms with van der Waals surface area (Å²) in [6.45, 7) is -0.154. The first kappa shape index (κ1) is 19.9. The quantitative estimate of drug-likeness (QED) is 0.427. The van der Waals surface area contributed by atoms with Gasteiger partial charge in [0.05, 0.1) is 12.1 Å². The number of hydrogen-bond donors (Lipinski definition) is 1. The molecule has 7 nitrogen and oxygen atoms in total. The molecule has 0 aliphatic rings. The molecule has 4 rings (SSSR count). The molecule has 2 aromatic carbocycles. The van der Waals surface area contributed by atoms with Crippen molar-refractivity contribution in [3.05, 3.63) is 65.7 Å². The van der Waals surface area contributed by atoms with Crippen molar-refractivity contribution < 1.29 is 18.7 Å². The number of ether oxygens (including phenoxy) is 2. The number of rotatable bonds is 7. The topological polar surface area (TPSA) is 86.5 Å². The number of amides is 1. The normalized spacial score (nSPS) is 10.6. The van der Waals surface area contributed by atoms with Crippen LogP contribution >= 0.6 is 22.9 Å². The lowest BCUT2D eigenvalue weighted by Gasteiger charge is -2.06. The predicted molar refractivity (Wildman–Crippen MR) is 115 cm³/mol. The summed E-state index contributed by atoms with van der Waals surface area (Å²) < 4.78 is 16.4. The van der Waals surface area contributed by atoms with Crippen LogP contribution in [0, 0.1) is 0 Å². The molecule has 0 saturated carbocycles. The van der Waals surface area contributed by atoms with Gasteiger partial charge in [-0.2, -0.15) is 0 Å². The zero-order valence-electron chi connectivity index (χ0n) is 15.8. The smallest absolute Gasteiger partial charge is 0.264 e. The van der Waals surface area contributed by atoms with E-state index < -0.39 is 0 Å². The summed E-state index contributed by atoms with van der Waals surface area (Å²) in [6, 6.07) is 18.0. The van der Waals surface area contributed by atoms with Gasteiger partial charge in [-0.05, 0) is 48.5 Å². The van der Waals surface area contributed by atoms with Gasteiger partial charge >= 0.3 is 0 Å². The van der Waals surface area contributed by atoms with E-state index in [1.165, 1.54) is 11.3 Å². The number of halogens is 1. The highest BCUT2D eigenvalue weighted by Crippen LogP contribution is 2.34. The highest BCUT2D eigenvalue weighted by molar-refractivity contribution is 7.18. The van der Waals surface area contributed by atoms with Crippen LogP contribution in [0.15, 0.2) is 65.1 Å². The molecule has 0 aliphatic carbocycles. The molecule has 30 heavy (non-hydrogen) atoms. The zero-order valence-corrected chi connectivity index (χ0v) is 17.4. The van der Waals surface area contributed by atoms with E-state index in [2.05, 4.69) is 15.5 Å². The van der Waals surface area contributed by atoms with Gasteiger partial charge in [-0.1, -0.05) is 35.1 Å². The van der Waals surface area contributed by atoms with Gasteiger partial charge in [0.2, 0.25) is 5.13 Å². The van der Waals surface area contributed by atoms with E-state index in [4.69, 9.17) is 25.5 Å². The third kappa shape index (κ3) is 4.61. The number of nitrogens with one attached hydrogen (secondary N) is 1. The van der Waals surface area contributed by atoms with Crippen molar-refractivity contribution in [2.24, 2.45) is 0 Å². The van der Waals surface area contributed by atoms with E-state index in [1.54, 1.807) is 43.5 Å². The zero-order chi connectivity index (χ0) is 20.9. The number of benzene rings is 2. The lowest BCUT2D eigenvalue weighted by molar-refractivity contribution is -0.118. The Morgan fingerprint density at radius 2 is 1.77 bits per heavy atom. The van der Waals surface area contributed by atoms with E-state index in [1.807, 2.05) is 24.3 Å². The summed E-state index contributed by atoms with van der Waals surface area (Å²) in [4.78, 5) is 12.1. The molecular formula is C21H16ClN3O4S. The largest absolute Gasteiger partial charge is 0.497 e. The molecule has 2 aromatic heterocycles. The number of aromatic nitrogens is 2. The maximum absolute atomic E-state index is 12.1. The fourth-order valence-electron chi connectivity index (χ4n) is 2.61. The predicted octanol–water partition coefficient (Wildman–Crippen LogP) is 5.14. The fraction of sp³-hybridized carbons (Fsp3) is 0.0952. The Kier molecular flexibility index (Phi) is 5.97. The maximum Gasteiger partial charge on any atom is 0.264 e. The van der Waals surface area contributed by atoms with Crippen molar-refractivity contribution in [3.8, 4) is 33.6 Å². The fourth-order valence-corrected chi connectivity index (χ4v) is 3.56. The third-order valence-electron chi connectivity index (χ3n) is 4.06. The van der Waals surface area contributed by atoms with Gasteiger partial charge in [-0.15, -0.1) is 10.2 Å². The maximum atomic E-state index is 12.1. The highest BCUT2D eigenvalue weighted by Gasteiger charge is 2.15. The van der Waals surface area contributed by atoms with E-state index in [9.17, 15) is 4.79 Å². The van der Waals surface area contributed by atoms with Gasteiger partial charge < -0.3 is 13.9 Å². The molecule has 0 bridgehead atoms. The first-order valence-electron chi connectivity index (χ1n) is 8.87. The summed E-state index contributed by atoms with van der Waals surface area (Å²) in [5.41, 5.74) is 0.791. The average molecular weight is 442 g/mol. The summed E-state index contributed by atoms with van der Waals surface area (Å²) in [6.07, 6.45) is 0. The third-order valence-corrected chi connectivity index (χ3v) is 5.24. The number of hydrogen-bond acceptors (Lipinski definition) is 7. The van der Waals surface area contributed by atoms with Crippen molar-refractivity contribution in [3.63, 3.8) is 0 Å². The second kappa shape index (κ2) is 8.98. The molecule has 0 aliphatic heterocycles. The molecule has 0 saturated heterocycles. The Bertz CT molecular complexity index is 1160. The molecule has 9 heteroatoms. The lowest BCUT2D eigenvalue weighted by Crippen LogP contribution is -2.20. The minimum Gasteiger partial charge on any atom is -0.497 e. The molecular weight excluding hydrogens is 426 g/mol. The monoisotopic (exact) mass is 441 g/mol. The lowest BCUT2D eigenvalue weighted by atomic mass is 10.2. The van der Waals surface area contributed by atoms with Crippen LogP contribution in [0.4, 0.5) is 5.13 Å². The molecule has 1 amide bonds. The minimum absolute atomic E-state index is 0.154. The van der Waals surface area contributed by atoms with Gasteiger partial charge in [0.25, 0.3) is 5.91 Å². The van der Waals surface area contributed by atoms with Gasteiger partial charge in [-0.3, -0.25) is 10.1 Å². The molecule has 0 spiro atoms. The van der Waals surface area contributed by atoms with Crippen LogP contribution in [0.2, 0.25) is 5.02 Å². The Morgan fingerprint density at radius 3 is 2.53 bits per heavy atom. The molecule has 0 fully saturated rings. The second-order valence-corrected chi connectivity index (χ2v) is 7.45. The Hall–Kier alpha value is -3.36. The van der Waals surface area contributed by atoms with Crippen LogP contribution in [-0.2, 0) is 4.79 Å². The number of carbonyl (C=O) groups excluding carboxylic acids is 1. The SMILES string of the molecule is COc1ccc(OCC(=O)Nc2nnc(-c3ccc(-c4ccccc4Cl)o3)s2)cc1. The molecule has 1 N–H and O–H groups in total. The van der Waals surface area contributed by atoms with E-state index in [0.717, 1.165) is 5.56 Å². The van der Waals surface area contributed by atoms with Crippen LogP contribution < -0.4 is 14.8 Å². The van der Waals surface area contributed by atoms with Gasteiger partial charge in [0.1, 0.15) is 17.3 Å². The van der Waals surface area contributed by atoms with Crippen molar-refractivity contribution >= 4 is 34.0 Å². The number of nitrogens with zero attached hydrogens (tertiary/aromatic N) is 2. The average Bonchev–Trinajstić information content (AvgIpc) is 3.43. The van der Waals surface area contributed by atoms with Gasteiger partial charge in [0, 0.05) is 5.56 Å². The van der Waals surface area contributed by atoms with E-state index >= 15 is 0 Å². The molecule has 0 unspecified atom stereocenters. The summed E-state index contributed by atoms with van der Waals surface area (Å²) in [5.74, 6) is 2.10. The summed E-state index contributed by atoms with van der Waals surface area (Å²) in [7, 11) is 1.58. The summed E-state index contributed by atoms with van der Waals surface area (Å²) in [5, 5.41) is 12.2. The molecule has 0 atom stereocenters. The summed E-state index contributed by atoms with van der Waals surface area (Å²) >= 11 is 7.41.